The lowest BCUT2D eigenvalue weighted by Crippen LogP contribution is -2.39. The molecule has 0 fully saturated rings. The van der Waals surface area contributed by atoms with Crippen LogP contribution in [0.25, 0.3) is 0 Å². The maximum absolute atomic E-state index is 13.2. The minimum Gasteiger partial charge on any atom is -0.311 e. The highest BCUT2D eigenvalue weighted by atomic mass is 16.2. The van der Waals surface area contributed by atoms with Crippen molar-refractivity contribution in [1.82, 2.24) is 4.90 Å². The van der Waals surface area contributed by atoms with Crippen molar-refractivity contribution in [1.29, 1.82) is 0 Å². The number of hydrogen-bond acceptors (Lipinski definition) is 2. The van der Waals surface area contributed by atoms with Crippen LogP contribution in [0.15, 0.2) is 48.5 Å². The van der Waals surface area contributed by atoms with E-state index >= 15 is 0 Å². The molecule has 1 amide bonds. The number of rotatable bonds is 7. The van der Waals surface area contributed by atoms with Gasteiger partial charge in [0.2, 0.25) is 5.91 Å². The van der Waals surface area contributed by atoms with Crippen LogP contribution in [0.5, 0.6) is 0 Å². The number of hydrogen-bond donors (Lipinski definition) is 0. The molecule has 0 aromatic heterocycles. The first-order chi connectivity index (χ1) is 11.9. The van der Waals surface area contributed by atoms with E-state index in [4.69, 9.17) is 0 Å². The largest absolute Gasteiger partial charge is 0.311 e. The maximum atomic E-state index is 13.2. The van der Waals surface area contributed by atoms with Gasteiger partial charge in [0.05, 0.1) is 6.42 Å². The number of aryl methyl sites for hydroxylation is 2. The molecule has 0 aliphatic carbocycles. The summed E-state index contributed by atoms with van der Waals surface area (Å²) in [7, 11) is 4.15. The first kappa shape index (κ1) is 19.2. The van der Waals surface area contributed by atoms with Crippen LogP contribution in [0.4, 0.5) is 5.69 Å². The molecule has 3 heteroatoms. The van der Waals surface area contributed by atoms with E-state index in [-0.39, 0.29) is 5.91 Å². The highest BCUT2D eigenvalue weighted by Crippen LogP contribution is 2.26. The number of carbonyl (C=O) groups excluding carboxylic acids is 1. The van der Waals surface area contributed by atoms with Crippen LogP contribution >= 0.6 is 0 Å². The second-order valence-corrected chi connectivity index (χ2v) is 7.27. The molecular weight excluding hydrogens is 308 g/mol. The standard InChI is InChI=1S/C22H30N2O/c1-17(15-23(4)5)16-24(22-18(2)10-9-11-19(22)3)21(25)14-20-12-7-6-8-13-20/h6-13,17H,14-16H2,1-5H3. The fourth-order valence-corrected chi connectivity index (χ4v) is 3.41. The summed E-state index contributed by atoms with van der Waals surface area (Å²) in [5.74, 6) is 0.558. The van der Waals surface area contributed by atoms with E-state index in [9.17, 15) is 4.79 Å². The number of carbonyl (C=O) groups is 1. The first-order valence-electron chi connectivity index (χ1n) is 8.93. The van der Waals surface area contributed by atoms with Crippen LogP contribution in [0.1, 0.15) is 23.6 Å². The predicted octanol–water partition coefficient (Wildman–Crippen LogP) is 4.08. The Bertz CT molecular complexity index is 674. The summed E-state index contributed by atoms with van der Waals surface area (Å²) in [4.78, 5) is 17.3. The Hall–Kier alpha value is -2.13. The Morgan fingerprint density at radius 3 is 2.08 bits per heavy atom. The summed E-state index contributed by atoms with van der Waals surface area (Å²) in [6.07, 6.45) is 0.434. The van der Waals surface area contributed by atoms with Gasteiger partial charge in [-0.25, -0.2) is 0 Å². The number of amides is 1. The van der Waals surface area contributed by atoms with E-state index in [1.807, 2.05) is 35.2 Å². The smallest absolute Gasteiger partial charge is 0.231 e. The molecule has 134 valence electrons. The van der Waals surface area contributed by atoms with Crippen molar-refractivity contribution >= 4 is 11.6 Å². The average molecular weight is 338 g/mol. The van der Waals surface area contributed by atoms with Gasteiger partial charge < -0.3 is 9.80 Å². The van der Waals surface area contributed by atoms with Crippen molar-refractivity contribution in [2.45, 2.75) is 27.2 Å². The van der Waals surface area contributed by atoms with E-state index in [2.05, 4.69) is 58.0 Å². The van der Waals surface area contributed by atoms with Gasteiger partial charge in [0.1, 0.15) is 0 Å². The summed E-state index contributed by atoms with van der Waals surface area (Å²) in [6.45, 7) is 8.06. The van der Waals surface area contributed by atoms with Crippen LogP contribution in [0, 0.1) is 19.8 Å². The molecule has 0 N–H and O–H groups in total. The van der Waals surface area contributed by atoms with Gasteiger partial charge in [0.15, 0.2) is 0 Å². The summed E-state index contributed by atoms with van der Waals surface area (Å²) < 4.78 is 0. The van der Waals surface area contributed by atoms with E-state index in [1.165, 1.54) is 0 Å². The molecule has 0 spiro atoms. The van der Waals surface area contributed by atoms with Gasteiger partial charge in [-0.1, -0.05) is 55.5 Å². The molecule has 0 heterocycles. The molecule has 25 heavy (non-hydrogen) atoms. The third-order valence-electron chi connectivity index (χ3n) is 4.38. The van der Waals surface area contributed by atoms with E-state index in [0.29, 0.717) is 12.3 Å². The van der Waals surface area contributed by atoms with Gasteiger partial charge in [-0.05, 0) is 50.6 Å². The third kappa shape index (κ3) is 5.43. The van der Waals surface area contributed by atoms with E-state index in [0.717, 1.165) is 35.5 Å². The highest BCUT2D eigenvalue weighted by molar-refractivity contribution is 5.96. The zero-order valence-electron chi connectivity index (χ0n) is 16.1. The highest BCUT2D eigenvalue weighted by Gasteiger charge is 2.22. The fourth-order valence-electron chi connectivity index (χ4n) is 3.41. The topological polar surface area (TPSA) is 23.6 Å². The lowest BCUT2D eigenvalue weighted by molar-refractivity contribution is -0.118. The molecular formula is C22H30N2O. The van der Waals surface area contributed by atoms with Crippen molar-refractivity contribution < 1.29 is 4.79 Å². The second-order valence-electron chi connectivity index (χ2n) is 7.27. The zero-order valence-corrected chi connectivity index (χ0v) is 16.1. The van der Waals surface area contributed by atoms with Gasteiger partial charge in [-0.3, -0.25) is 4.79 Å². The molecule has 2 rings (SSSR count). The van der Waals surface area contributed by atoms with Crippen LogP contribution in [0.2, 0.25) is 0 Å². The van der Waals surface area contributed by atoms with E-state index < -0.39 is 0 Å². The number of benzene rings is 2. The van der Waals surface area contributed by atoms with Crippen LogP contribution < -0.4 is 4.90 Å². The average Bonchev–Trinajstić information content (AvgIpc) is 2.53. The van der Waals surface area contributed by atoms with Gasteiger partial charge in [0.25, 0.3) is 0 Å². The van der Waals surface area contributed by atoms with Crippen LogP contribution in [-0.2, 0) is 11.2 Å². The van der Waals surface area contributed by atoms with Crippen molar-refractivity contribution in [3.63, 3.8) is 0 Å². The lowest BCUT2D eigenvalue weighted by atomic mass is 10.0. The van der Waals surface area contributed by atoms with Gasteiger partial charge in [0, 0.05) is 18.8 Å². The lowest BCUT2D eigenvalue weighted by Gasteiger charge is -2.30. The maximum Gasteiger partial charge on any atom is 0.231 e. The van der Waals surface area contributed by atoms with E-state index in [1.54, 1.807) is 0 Å². The van der Waals surface area contributed by atoms with Crippen molar-refractivity contribution in [3.05, 3.63) is 65.2 Å². The molecule has 3 nitrogen and oxygen atoms in total. The monoisotopic (exact) mass is 338 g/mol. The SMILES string of the molecule is Cc1cccc(C)c1N(CC(C)CN(C)C)C(=O)Cc1ccccc1. The van der Waals surface area contributed by atoms with Crippen molar-refractivity contribution in [2.24, 2.45) is 5.92 Å². The Balaban J connectivity index is 2.29. The molecule has 2 aromatic carbocycles. The summed E-state index contributed by atoms with van der Waals surface area (Å²) in [6, 6.07) is 16.2. The molecule has 0 saturated heterocycles. The minimum atomic E-state index is 0.161. The van der Waals surface area contributed by atoms with Crippen LogP contribution in [0.3, 0.4) is 0 Å². The third-order valence-corrected chi connectivity index (χ3v) is 4.38. The van der Waals surface area contributed by atoms with Crippen molar-refractivity contribution in [3.8, 4) is 0 Å². The summed E-state index contributed by atoms with van der Waals surface area (Å²) in [5, 5.41) is 0. The van der Waals surface area contributed by atoms with Gasteiger partial charge >= 0.3 is 0 Å². The Kier molecular flexibility index (Phi) is 6.77. The predicted molar refractivity (Wildman–Crippen MR) is 106 cm³/mol. The quantitative estimate of drug-likeness (QED) is 0.759. The molecule has 1 atom stereocenters. The van der Waals surface area contributed by atoms with Gasteiger partial charge in [-0.15, -0.1) is 0 Å². The molecule has 1 unspecified atom stereocenters. The van der Waals surface area contributed by atoms with Crippen LogP contribution in [-0.4, -0.2) is 38.0 Å². The molecule has 2 aromatic rings. The Morgan fingerprint density at radius 1 is 0.920 bits per heavy atom. The Morgan fingerprint density at radius 2 is 1.52 bits per heavy atom. The Labute approximate surface area is 152 Å². The number of para-hydroxylation sites is 1. The zero-order chi connectivity index (χ0) is 18.4. The molecule has 0 aliphatic heterocycles. The summed E-state index contributed by atoms with van der Waals surface area (Å²) in [5.41, 5.74) is 4.43. The molecule has 0 aliphatic rings. The number of nitrogens with zero attached hydrogens (tertiary/aromatic N) is 2. The van der Waals surface area contributed by atoms with Gasteiger partial charge in [-0.2, -0.15) is 0 Å². The fraction of sp³-hybridized carbons (Fsp3) is 0.409. The minimum absolute atomic E-state index is 0.161. The van der Waals surface area contributed by atoms with Crippen molar-refractivity contribution in [2.75, 3.05) is 32.1 Å². The first-order valence-corrected chi connectivity index (χ1v) is 8.93. The molecule has 0 bridgehead atoms. The molecule has 0 radical (unpaired) electrons. The molecule has 0 saturated carbocycles. The summed E-state index contributed by atoms with van der Waals surface area (Å²) >= 11 is 0. The second kappa shape index (κ2) is 8.82. The normalized spacial score (nSPS) is 12.2. The number of anilines is 1.